The van der Waals surface area contributed by atoms with Crippen molar-refractivity contribution in [3.8, 4) is 0 Å². The largest absolute Gasteiger partial charge is 0.394 e. The van der Waals surface area contributed by atoms with Crippen molar-refractivity contribution in [2.45, 2.75) is 92.4 Å². The van der Waals surface area contributed by atoms with Crippen LogP contribution in [-0.4, -0.2) is 159 Å². The van der Waals surface area contributed by atoms with E-state index in [4.69, 9.17) is 28.4 Å². The van der Waals surface area contributed by atoms with Crippen molar-refractivity contribution in [2.24, 2.45) is 0 Å². The van der Waals surface area contributed by atoms with Crippen LogP contribution in [0.15, 0.2) is 0 Å². The highest BCUT2D eigenvalue weighted by Gasteiger charge is 2.50. The van der Waals surface area contributed by atoms with Crippen molar-refractivity contribution in [2.75, 3.05) is 26.9 Å². The predicted octanol–water partition coefficient (Wildman–Crippen LogP) is -5.89. The standard InChI is InChI=1S/C19H34O15/c1-29-16-8(4-21)32-19(14(27)12(16)25)34-15-6(23)2-10(30-7(15)3-20)33-17-9(5-22)31-18(28)13(26)11(17)24/h6-28H,2-5H2,1H3/t6-,7-,8+,9+,10?,11+,12+,13+,14+,15?,16+,17?,18-,19?/m0/s1. The van der Waals surface area contributed by atoms with Crippen molar-refractivity contribution in [1.82, 2.24) is 0 Å². The summed E-state index contributed by atoms with van der Waals surface area (Å²) in [6.45, 7) is -1.89. The number of methoxy groups -OCH3 is 1. The molecule has 3 aliphatic rings. The Morgan fingerprint density at radius 1 is 0.647 bits per heavy atom. The lowest BCUT2D eigenvalue weighted by Crippen LogP contribution is -2.63. The minimum atomic E-state index is -1.74. The summed E-state index contributed by atoms with van der Waals surface area (Å²) in [5, 5.41) is 89.7. The Hall–Kier alpha value is -0.600. The zero-order valence-corrected chi connectivity index (χ0v) is 18.4. The fourth-order valence-electron chi connectivity index (χ4n) is 4.34. The summed E-state index contributed by atoms with van der Waals surface area (Å²) < 4.78 is 32.3. The van der Waals surface area contributed by atoms with Crippen molar-refractivity contribution in [1.29, 1.82) is 0 Å². The molecule has 0 aromatic carbocycles. The van der Waals surface area contributed by atoms with Gasteiger partial charge in [-0.3, -0.25) is 0 Å². The van der Waals surface area contributed by atoms with Crippen LogP contribution in [0.25, 0.3) is 0 Å². The molecule has 4 unspecified atom stereocenters. The molecule has 0 aromatic heterocycles. The third kappa shape index (κ3) is 5.69. The average Bonchev–Trinajstić information content (AvgIpc) is 2.83. The summed E-state index contributed by atoms with van der Waals surface area (Å²) in [6.07, 6.45) is -19.7. The molecular weight excluding hydrogens is 468 g/mol. The molecular formula is C19H34O15. The third-order valence-electron chi connectivity index (χ3n) is 6.22. The number of aliphatic hydroxyl groups is 9. The summed E-state index contributed by atoms with van der Waals surface area (Å²) in [5.41, 5.74) is 0. The second-order valence-electron chi connectivity index (χ2n) is 8.43. The highest BCUT2D eigenvalue weighted by molar-refractivity contribution is 4.94. The van der Waals surface area contributed by atoms with Gasteiger partial charge in [0.15, 0.2) is 18.9 Å². The summed E-state index contributed by atoms with van der Waals surface area (Å²) >= 11 is 0. The van der Waals surface area contributed by atoms with Crippen molar-refractivity contribution >= 4 is 0 Å². The van der Waals surface area contributed by atoms with Crippen molar-refractivity contribution < 1.29 is 74.4 Å². The van der Waals surface area contributed by atoms with E-state index in [9.17, 15) is 46.0 Å². The van der Waals surface area contributed by atoms with E-state index in [-0.39, 0.29) is 6.42 Å². The number of aliphatic hydroxyl groups excluding tert-OH is 9. The number of rotatable bonds is 8. The van der Waals surface area contributed by atoms with E-state index < -0.39 is 106 Å². The molecule has 0 aliphatic carbocycles. The molecule has 0 aromatic rings. The van der Waals surface area contributed by atoms with Gasteiger partial charge in [0.1, 0.15) is 61.0 Å². The van der Waals surface area contributed by atoms with E-state index >= 15 is 0 Å². The highest BCUT2D eigenvalue weighted by Crippen LogP contribution is 2.32. The van der Waals surface area contributed by atoms with Crippen LogP contribution in [0.2, 0.25) is 0 Å². The molecule has 0 spiro atoms. The highest BCUT2D eigenvalue weighted by atomic mass is 16.7. The monoisotopic (exact) mass is 502 g/mol. The lowest BCUT2D eigenvalue weighted by atomic mass is 9.97. The first-order valence-electron chi connectivity index (χ1n) is 10.9. The average molecular weight is 502 g/mol. The van der Waals surface area contributed by atoms with Crippen molar-refractivity contribution in [3.63, 3.8) is 0 Å². The van der Waals surface area contributed by atoms with Crippen LogP contribution in [0.1, 0.15) is 6.42 Å². The predicted molar refractivity (Wildman–Crippen MR) is 105 cm³/mol. The summed E-state index contributed by atoms with van der Waals surface area (Å²) in [6, 6.07) is 0. The lowest BCUT2D eigenvalue weighted by molar-refractivity contribution is -0.361. The Bertz CT molecular complexity index is 623. The molecule has 3 heterocycles. The van der Waals surface area contributed by atoms with Gasteiger partial charge in [0, 0.05) is 13.5 Å². The maximum absolute atomic E-state index is 10.7. The minimum absolute atomic E-state index is 0.267. The fourth-order valence-corrected chi connectivity index (χ4v) is 4.34. The second kappa shape index (κ2) is 12.1. The summed E-state index contributed by atoms with van der Waals surface area (Å²) in [4.78, 5) is 0. The van der Waals surface area contributed by atoms with Gasteiger partial charge < -0.3 is 74.4 Å². The Kier molecular flexibility index (Phi) is 9.95. The van der Waals surface area contributed by atoms with E-state index in [1.807, 2.05) is 0 Å². The summed E-state index contributed by atoms with van der Waals surface area (Å²) in [7, 11) is 1.27. The van der Waals surface area contributed by atoms with Crippen LogP contribution in [0.5, 0.6) is 0 Å². The maximum atomic E-state index is 10.7. The molecule has 0 saturated carbocycles. The van der Waals surface area contributed by atoms with Gasteiger partial charge in [0.25, 0.3) is 0 Å². The van der Waals surface area contributed by atoms with Crippen LogP contribution >= 0.6 is 0 Å². The summed E-state index contributed by atoms with van der Waals surface area (Å²) in [5.74, 6) is 0. The van der Waals surface area contributed by atoms with E-state index in [0.717, 1.165) is 0 Å². The first-order valence-corrected chi connectivity index (χ1v) is 10.9. The van der Waals surface area contributed by atoms with Gasteiger partial charge in [0.2, 0.25) is 0 Å². The van der Waals surface area contributed by atoms with E-state index in [1.165, 1.54) is 7.11 Å². The maximum Gasteiger partial charge on any atom is 0.187 e. The van der Waals surface area contributed by atoms with Gasteiger partial charge >= 0.3 is 0 Å². The molecule has 14 atom stereocenters. The molecule has 0 amide bonds. The molecule has 15 heteroatoms. The van der Waals surface area contributed by atoms with E-state index in [2.05, 4.69) is 0 Å². The molecule has 3 saturated heterocycles. The smallest absolute Gasteiger partial charge is 0.187 e. The van der Waals surface area contributed by atoms with Gasteiger partial charge in [0.05, 0.1) is 25.9 Å². The van der Waals surface area contributed by atoms with Crippen LogP contribution in [0.4, 0.5) is 0 Å². The first kappa shape index (κ1) is 28.0. The molecule has 200 valence electrons. The Labute approximate surface area is 194 Å². The Balaban J connectivity index is 1.66. The van der Waals surface area contributed by atoms with Crippen LogP contribution < -0.4 is 0 Å². The zero-order valence-electron chi connectivity index (χ0n) is 18.4. The first-order chi connectivity index (χ1) is 16.2. The van der Waals surface area contributed by atoms with Crippen LogP contribution in [0, 0.1) is 0 Å². The van der Waals surface area contributed by atoms with Crippen LogP contribution in [0.3, 0.4) is 0 Å². The SMILES string of the molecule is CO[C@H]1[C@H](O)[C@@H](O)C(OC2[C@H](CO)OC(OC3[C@@H](CO)O[C@H](O)[C@H](O)[C@H]3O)C[C@@H]2O)O[C@@H]1CO. The zero-order chi connectivity index (χ0) is 25.2. The Morgan fingerprint density at radius 2 is 1.21 bits per heavy atom. The topological polar surface area (TPSA) is 237 Å². The second-order valence-corrected chi connectivity index (χ2v) is 8.43. The molecule has 15 nitrogen and oxygen atoms in total. The number of hydrogen-bond donors (Lipinski definition) is 9. The van der Waals surface area contributed by atoms with Crippen molar-refractivity contribution in [3.05, 3.63) is 0 Å². The van der Waals surface area contributed by atoms with Gasteiger partial charge in [-0.15, -0.1) is 0 Å². The Morgan fingerprint density at radius 3 is 1.79 bits per heavy atom. The molecule has 3 rings (SSSR count). The van der Waals surface area contributed by atoms with E-state index in [1.54, 1.807) is 0 Å². The van der Waals surface area contributed by atoms with Gasteiger partial charge in [-0.1, -0.05) is 0 Å². The fraction of sp³-hybridized carbons (Fsp3) is 1.00. The molecule has 34 heavy (non-hydrogen) atoms. The van der Waals surface area contributed by atoms with Gasteiger partial charge in [-0.05, 0) is 0 Å². The number of hydrogen-bond acceptors (Lipinski definition) is 15. The normalized spacial score (nSPS) is 50.3. The minimum Gasteiger partial charge on any atom is -0.394 e. The quantitative estimate of drug-likeness (QED) is 0.150. The number of ether oxygens (including phenoxy) is 6. The lowest BCUT2D eigenvalue weighted by Gasteiger charge is -2.46. The van der Waals surface area contributed by atoms with Crippen LogP contribution in [-0.2, 0) is 28.4 Å². The molecule has 0 radical (unpaired) electrons. The van der Waals surface area contributed by atoms with Gasteiger partial charge in [-0.25, -0.2) is 0 Å². The van der Waals surface area contributed by atoms with Gasteiger partial charge in [-0.2, -0.15) is 0 Å². The molecule has 3 aliphatic heterocycles. The van der Waals surface area contributed by atoms with E-state index in [0.29, 0.717) is 0 Å². The third-order valence-corrected chi connectivity index (χ3v) is 6.22. The molecule has 3 fully saturated rings. The molecule has 9 N–H and O–H groups in total. The molecule has 0 bridgehead atoms.